The zero-order valence-corrected chi connectivity index (χ0v) is 15.7. The Morgan fingerprint density at radius 2 is 1.96 bits per heavy atom. The van der Waals surface area contributed by atoms with Crippen LogP contribution in [0.25, 0.3) is 0 Å². The number of nitrogens with one attached hydrogen (secondary N) is 1. The summed E-state index contributed by atoms with van der Waals surface area (Å²) >= 11 is 0. The fraction of sp³-hybridized carbons (Fsp3) is 0.250. The average molecular weight is 386 g/mol. The van der Waals surface area contributed by atoms with E-state index in [4.69, 9.17) is 4.74 Å². The van der Waals surface area contributed by atoms with Gasteiger partial charge in [-0.15, -0.1) is 0 Å². The lowest BCUT2D eigenvalue weighted by atomic mass is 10.1. The topological polar surface area (TPSA) is 75.7 Å². The first-order valence-electron chi connectivity index (χ1n) is 8.75. The lowest BCUT2D eigenvalue weighted by Gasteiger charge is -2.28. The molecule has 1 aliphatic rings. The highest BCUT2D eigenvalue weighted by molar-refractivity contribution is 7.92. The maximum absolute atomic E-state index is 12.5. The zero-order valence-electron chi connectivity index (χ0n) is 14.9. The molecule has 1 fully saturated rings. The van der Waals surface area contributed by atoms with Gasteiger partial charge in [-0.25, -0.2) is 8.42 Å². The van der Waals surface area contributed by atoms with E-state index in [0.29, 0.717) is 42.3 Å². The molecule has 0 spiro atoms. The Labute approximate surface area is 159 Å². The predicted octanol–water partition coefficient (Wildman–Crippen LogP) is 3.43. The molecular formula is C20H22N2O4S. The van der Waals surface area contributed by atoms with Crippen molar-refractivity contribution in [2.24, 2.45) is 0 Å². The van der Waals surface area contributed by atoms with Crippen LogP contribution in [-0.2, 0) is 10.0 Å². The van der Waals surface area contributed by atoms with E-state index < -0.39 is 10.0 Å². The Hall–Kier alpha value is -2.80. The van der Waals surface area contributed by atoms with Crippen LogP contribution < -0.4 is 14.4 Å². The van der Waals surface area contributed by atoms with E-state index >= 15 is 0 Å². The third kappa shape index (κ3) is 4.68. The van der Waals surface area contributed by atoms with Gasteiger partial charge in [0.15, 0.2) is 0 Å². The molecule has 1 aliphatic heterocycles. The highest BCUT2D eigenvalue weighted by atomic mass is 32.2. The number of nitrogens with zero attached hydrogens (tertiary/aromatic N) is 1. The Balaban J connectivity index is 1.73. The van der Waals surface area contributed by atoms with E-state index in [-0.39, 0.29) is 11.7 Å². The summed E-state index contributed by atoms with van der Waals surface area (Å²) in [5.74, 6) is 0.528. The number of hydrogen-bond donors (Lipinski definition) is 1. The minimum absolute atomic E-state index is 0.143. The standard InChI is InChI=1S/C20H22N2O4S/c1-2-13-26-19-10-8-17(9-11-19)21-20(23)16-6-5-7-18(15-16)22-12-3-4-14-27(22,24)25/h2,5-11,15H,1,3-4,12-14H2,(H,21,23). The summed E-state index contributed by atoms with van der Waals surface area (Å²) in [6.07, 6.45) is 3.15. The summed E-state index contributed by atoms with van der Waals surface area (Å²) in [4.78, 5) is 12.5. The number of carbonyl (C=O) groups is 1. The number of anilines is 2. The van der Waals surface area contributed by atoms with E-state index in [1.807, 2.05) is 0 Å². The van der Waals surface area contributed by atoms with Crippen molar-refractivity contribution in [1.29, 1.82) is 0 Å². The molecule has 0 atom stereocenters. The van der Waals surface area contributed by atoms with Gasteiger partial charge in [-0.05, 0) is 55.3 Å². The van der Waals surface area contributed by atoms with Crippen LogP contribution in [0.3, 0.4) is 0 Å². The van der Waals surface area contributed by atoms with Crippen LogP contribution in [0.15, 0.2) is 61.2 Å². The maximum atomic E-state index is 12.5. The van der Waals surface area contributed by atoms with E-state index in [1.165, 1.54) is 4.31 Å². The molecule has 1 saturated heterocycles. The third-order valence-corrected chi connectivity index (χ3v) is 6.10. The summed E-state index contributed by atoms with van der Waals surface area (Å²) in [7, 11) is -3.31. The number of hydrogen-bond acceptors (Lipinski definition) is 4. The minimum Gasteiger partial charge on any atom is -0.490 e. The summed E-state index contributed by atoms with van der Waals surface area (Å²) in [5, 5.41) is 2.81. The zero-order chi connectivity index (χ0) is 19.3. The van der Waals surface area contributed by atoms with Gasteiger partial charge in [0.05, 0.1) is 11.4 Å². The summed E-state index contributed by atoms with van der Waals surface area (Å²) in [6, 6.07) is 13.7. The molecule has 1 heterocycles. The number of benzene rings is 2. The van der Waals surface area contributed by atoms with Crippen LogP contribution in [0.1, 0.15) is 23.2 Å². The Kier molecular flexibility index (Phi) is 5.81. The van der Waals surface area contributed by atoms with E-state index in [0.717, 1.165) is 6.42 Å². The first-order chi connectivity index (χ1) is 13.0. The molecule has 3 rings (SSSR count). The highest BCUT2D eigenvalue weighted by Gasteiger charge is 2.26. The molecule has 0 aliphatic carbocycles. The van der Waals surface area contributed by atoms with Gasteiger partial charge in [-0.3, -0.25) is 9.10 Å². The number of amides is 1. The van der Waals surface area contributed by atoms with Gasteiger partial charge < -0.3 is 10.1 Å². The van der Waals surface area contributed by atoms with Crippen molar-refractivity contribution in [3.8, 4) is 5.75 Å². The normalized spacial score (nSPS) is 15.8. The number of rotatable bonds is 6. The third-order valence-electron chi connectivity index (χ3n) is 4.23. The molecule has 0 saturated carbocycles. The second-order valence-corrected chi connectivity index (χ2v) is 8.24. The van der Waals surface area contributed by atoms with Gasteiger partial charge in [0.2, 0.25) is 10.0 Å². The highest BCUT2D eigenvalue weighted by Crippen LogP contribution is 2.25. The largest absolute Gasteiger partial charge is 0.490 e. The van der Waals surface area contributed by atoms with Gasteiger partial charge in [0, 0.05) is 17.8 Å². The molecule has 2 aromatic rings. The van der Waals surface area contributed by atoms with Crippen molar-refractivity contribution < 1.29 is 17.9 Å². The van der Waals surface area contributed by atoms with Gasteiger partial charge in [-0.1, -0.05) is 18.7 Å². The van der Waals surface area contributed by atoms with Gasteiger partial charge in [0.25, 0.3) is 5.91 Å². The van der Waals surface area contributed by atoms with Gasteiger partial charge in [0.1, 0.15) is 12.4 Å². The van der Waals surface area contributed by atoms with E-state index in [9.17, 15) is 13.2 Å². The van der Waals surface area contributed by atoms with Crippen molar-refractivity contribution in [3.05, 3.63) is 66.7 Å². The molecular weight excluding hydrogens is 364 g/mol. The molecule has 142 valence electrons. The lowest BCUT2D eigenvalue weighted by molar-refractivity contribution is 0.102. The van der Waals surface area contributed by atoms with E-state index in [1.54, 1.807) is 54.6 Å². The molecule has 6 nitrogen and oxygen atoms in total. The SMILES string of the molecule is C=CCOc1ccc(NC(=O)c2cccc(N3CCCCS3(=O)=O)c2)cc1. The minimum atomic E-state index is -3.31. The molecule has 2 aromatic carbocycles. The molecule has 1 N–H and O–H groups in total. The fourth-order valence-corrected chi connectivity index (χ4v) is 4.51. The van der Waals surface area contributed by atoms with Crippen LogP contribution >= 0.6 is 0 Å². The molecule has 7 heteroatoms. The molecule has 1 amide bonds. The van der Waals surface area contributed by atoms with Crippen molar-refractivity contribution in [2.45, 2.75) is 12.8 Å². The monoisotopic (exact) mass is 386 g/mol. The molecule has 0 radical (unpaired) electrons. The number of carbonyl (C=O) groups excluding carboxylic acids is 1. The lowest BCUT2D eigenvalue weighted by Crippen LogP contribution is -2.37. The quantitative estimate of drug-likeness (QED) is 0.772. The number of ether oxygens (including phenoxy) is 1. The first kappa shape index (κ1) is 19.0. The molecule has 0 aromatic heterocycles. The van der Waals surface area contributed by atoms with Crippen LogP contribution in [-0.4, -0.2) is 33.2 Å². The van der Waals surface area contributed by atoms with Crippen molar-refractivity contribution in [3.63, 3.8) is 0 Å². The molecule has 0 bridgehead atoms. The van der Waals surface area contributed by atoms with Crippen LogP contribution in [0.2, 0.25) is 0 Å². The summed E-state index contributed by atoms with van der Waals surface area (Å²) in [5.41, 5.74) is 1.55. The maximum Gasteiger partial charge on any atom is 0.255 e. The Bertz CT molecular complexity index is 923. The first-order valence-corrected chi connectivity index (χ1v) is 10.4. The second-order valence-electron chi connectivity index (χ2n) is 6.22. The summed E-state index contributed by atoms with van der Waals surface area (Å²) < 4.78 is 31.3. The number of sulfonamides is 1. The second kappa shape index (κ2) is 8.26. The van der Waals surface area contributed by atoms with Crippen molar-refractivity contribution in [2.75, 3.05) is 28.5 Å². The van der Waals surface area contributed by atoms with Gasteiger partial charge in [-0.2, -0.15) is 0 Å². The molecule has 27 heavy (non-hydrogen) atoms. The van der Waals surface area contributed by atoms with Crippen molar-refractivity contribution >= 4 is 27.3 Å². The van der Waals surface area contributed by atoms with Gasteiger partial charge >= 0.3 is 0 Å². The van der Waals surface area contributed by atoms with Crippen LogP contribution in [0.5, 0.6) is 5.75 Å². The molecule has 0 unspecified atom stereocenters. The van der Waals surface area contributed by atoms with Crippen molar-refractivity contribution in [1.82, 2.24) is 0 Å². The average Bonchev–Trinajstić information content (AvgIpc) is 2.67. The predicted molar refractivity (Wildman–Crippen MR) is 107 cm³/mol. The summed E-state index contributed by atoms with van der Waals surface area (Å²) in [6.45, 7) is 4.45. The Morgan fingerprint density at radius 1 is 1.19 bits per heavy atom. The fourth-order valence-electron chi connectivity index (χ4n) is 2.87. The van der Waals surface area contributed by atoms with E-state index in [2.05, 4.69) is 11.9 Å². The van der Waals surface area contributed by atoms with Crippen LogP contribution in [0, 0.1) is 0 Å². The van der Waals surface area contributed by atoms with Crippen LogP contribution in [0.4, 0.5) is 11.4 Å². The smallest absolute Gasteiger partial charge is 0.255 e. The Morgan fingerprint density at radius 3 is 2.67 bits per heavy atom.